The van der Waals surface area contributed by atoms with Gasteiger partial charge in [-0.05, 0) is 36.8 Å². The minimum absolute atomic E-state index is 0.109. The van der Waals surface area contributed by atoms with Crippen molar-refractivity contribution in [2.75, 3.05) is 10.6 Å². The second-order valence-corrected chi connectivity index (χ2v) is 5.00. The fourth-order valence-electron chi connectivity index (χ4n) is 1.57. The molecule has 0 radical (unpaired) electrons. The number of rotatable bonds is 2. The third kappa shape index (κ3) is 3.93. The highest BCUT2D eigenvalue weighted by Crippen LogP contribution is 2.21. The average Bonchev–Trinajstić information content (AvgIpc) is 2.45. The normalized spacial score (nSPS) is 10.0. The Morgan fingerprint density at radius 2 is 1.71 bits per heavy atom. The third-order valence-electron chi connectivity index (χ3n) is 2.66. The number of halogens is 2. The number of carbonyl (C=O) groups is 2. The molecule has 0 aliphatic heterocycles. The fraction of sp³-hybridized carbons (Fsp3) is 0.0714. The zero-order valence-corrected chi connectivity index (χ0v) is 12.5. The number of nitrogens with one attached hydrogen (secondary N) is 2. The molecule has 5 nitrogen and oxygen atoms in total. The Morgan fingerprint density at radius 3 is 2.38 bits per heavy atom. The number of nitrogens with zero attached hydrogens (tertiary/aromatic N) is 1. The van der Waals surface area contributed by atoms with Gasteiger partial charge in [0.2, 0.25) is 0 Å². The van der Waals surface area contributed by atoms with E-state index in [0.717, 1.165) is 5.56 Å². The molecule has 108 valence electrons. The van der Waals surface area contributed by atoms with Gasteiger partial charge >= 0.3 is 11.8 Å². The number of aromatic nitrogens is 1. The van der Waals surface area contributed by atoms with E-state index in [-0.39, 0.29) is 10.8 Å². The van der Waals surface area contributed by atoms with E-state index in [9.17, 15) is 9.59 Å². The Balaban J connectivity index is 2.08. The molecule has 0 fully saturated rings. The van der Waals surface area contributed by atoms with Gasteiger partial charge < -0.3 is 10.6 Å². The number of carbonyl (C=O) groups excluding carboxylic acids is 2. The molecule has 0 aliphatic carbocycles. The van der Waals surface area contributed by atoms with E-state index < -0.39 is 11.8 Å². The van der Waals surface area contributed by atoms with Crippen molar-refractivity contribution in [2.45, 2.75) is 6.92 Å². The summed E-state index contributed by atoms with van der Waals surface area (Å²) in [6.07, 6.45) is 1.48. The number of anilines is 2. The molecule has 2 rings (SSSR count). The Bertz CT molecular complexity index is 704. The molecule has 0 spiro atoms. The fourth-order valence-corrected chi connectivity index (χ4v) is 1.91. The van der Waals surface area contributed by atoms with Gasteiger partial charge in [0.1, 0.15) is 0 Å². The van der Waals surface area contributed by atoms with Crippen LogP contribution in [0.3, 0.4) is 0 Å². The van der Waals surface area contributed by atoms with Crippen LogP contribution in [0.1, 0.15) is 5.56 Å². The molecule has 0 bridgehead atoms. The number of pyridine rings is 1. The van der Waals surface area contributed by atoms with E-state index in [0.29, 0.717) is 10.7 Å². The van der Waals surface area contributed by atoms with Crippen molar-refractivity contribution in [1.29, 1.82) is 0 Å². The molecular formula is C14H11Cl2N3O2. The summed E-state index contributed by atoms with van der Waals surface area (Å²) in [6, 6.07) is 8.15. The molecule has 0 saturated heterocycles. The summed E-state index contributed by atoms with van der Waals surface area (Å²) in [6.45, 7) is 1.79. The summed E-state index contributed by atoms with van der Waals surface area (Å²) < 4.78 is 0. The highest BCUT2D eigenvalue weighted by Gasteiger charge is 2.16. The molecule has 0 aliphatic rings. The first-order valence-corrected chi connectivity index (χ1v) is 6.72. The SMILES string of the molecule is Cc1ccc(Cl)cc1NC(=O)C(=O)Nc1cccnc1Cl. The lowest BCUT2D eigenvalue weighted by Gasteiger charge is -2.09. The highest BCUT2D eigenvalue weighted by molar-refractivity contribution is 6.44. The second kappa shape index (κ2) is 6.56. The summed E-state index contributed by atoms with van der Waals surface area (Å²) in [7, 11) is 0. The lowest BCUT2D eigenvalue weighted by molar-refractivity contribution is -0.133. The minimum atomic E-state index is -0.843. The molecule has 0 unspecified atom stereocenters. The average molecular weight is 324 g/mol. The lowest BCUT2D eigenvalue weighted by atomic mass is 10.2. The van der Waals surface area contributed by atoms with Crippen LogP contribution in [-0.4, -0.2) is 16.8 Å². The van der Waals surface area contributed by atoms with Crippen molar-refractivity contribution in [3.63, 3.8) is 0 Å². The van der Waals surface area contributed by atoms with Crippen LogP contribution in [-0.2, 0) is 9.59 Å². The van der Waals surface area contributed by atoms with E-state index in [1.165, 1.54) is 6.20 Å². The molecule has 1 aromatic heterocycles. The number of hydrogen-bond acceptors (Lipinski definition) is 3. The van der Waals surface area contributed by atoms with Gasteiger partial charge in [-0.1, -0.05) is 29.3 Å². The van der Waals surface area contributed by atoms with E-state index in [2.05, 4.69) is 15.6 Å². The summed E-state index contributed by atoms with van der Waals surface area (Å²) in [4.78, 5) is 27.5. The maximum atomic E-state index is 11.9. The van der Waals surface area contributed by atoms with E-state index in [1.54, 1.807) is 37.3 Å². The predicted molar refractivity (Wildman–Crippen MR) is 82.7 cm³/mol. The van der Waals surface area contributed by atoms with Gasteiger partial charge in [0.05, 0.1) is 5.69 Å². The summed E-state index contributed by atoms with van der Waals surface area (Å²) in [5.41, 5.74) is 1.53. The molecule has 0 saturated carbocycles. The highest BCUT2D eigenvalue weighted by atomic mass is 35.5. The Kier molecular flexibility index (Phi) is 4.77. The Hall–Kier alpha value is -2.11. The number of hydrogen-bond donors (Lipinski definition) is 2. The summed E-state index contributed by atoms with van der Waals surface area (Å²) >= 11 is 11.7. The smallest absolute Gasteiger partial charge is 0.314 e. The van der Waals surface area contributed by atoms with E-state index in [4.69, 9.17) is 23.2 Å². The van der Waals surface area contributed by atoms with Gasteiger partial charge in [-0.25, -0.2) is 4.98 Å². The van der Waals surface area contributed by atoms with Crippen molar-refractivity contribution >= 4 is 46.4 Å². The standard InChI is InChI=1S/C14H11Cl2N3O2/c1-8-4-5-9(15)7-11(8)19-14(21)13(20)18-10-3-2-6-17-12(10)16/h2-7H,1H3,(H,18,20)(H,19,21). The monoisotopic (exact) mass is 323 g/mol. The molecule has 1 heterocycles. The van der Waals surface area contributed by atoms with Gasteiger partial charge in [-0.15, -0.1) is 0 Å². The molecule has 2 N–H and O–H groups in total. The van der Waals surface area contributed by atoms with Crippen molar-refractivity contribution in [3.05, 3.63) is 52.3 Å². The molecule has 2 aromatic rings. The topological polar surface area (TPSA) is 71.1 Å². The van der Waals surface area contributed by atoms with Gasteiger partial charge in [-0.2, -0.15) is 0 Å². The van der Waals surface area contributed by atoms with Gasteiger partial charge in [-0.3, -0.25) is 9.59 Å². The van der Waals surface area contributed by atoms with Crippen molar-refractivity contribution < 1.29 is 9.59 Å². The first-order chi connectivity index (χ1) is 9.97. The second-order valence-electron chi connectivity index (χ2n) is 4.21. The van der Waals surface area contributed by atoms with Crippen molar-refractivity contribution in [1.82, 2.24) is 4.98 Å². The van der Waals surface area contributed by atoms with Crippen molar-refractivity contribution in [3.8, 4) is 0 Å². The minimum Gasteiger partial charge on any atom is -0.317 e. The molecular weight excluding hydrogens is 313 g/mol. The zero-order valence-electron chi connectivity index (χ0n) is 11.0. The van der Waals surface area contributed by atoms with E-state index >= 15 is 0 Å². The summed E-state index contributed by atoms with van der Waals surface area (Å²) in [5, 5.41) is 5.45. The van der Waals surface area contributed by atoms with Crippen LogP contribution >= 0.6 is 23.2 Å². The maximum absolute atomic E-state index is 11.9. The Morgan fingerprint density at radius 1 is 1.05 bits per heavy atom. The van der Waals surface area contributed by atoms with Gasteiger partial charge in [0, 0.05) is 16.9 Å². The first kappa shape index (κ1) is 15.3. The summed E-state index contributed by atoms with van der Waals surface area (Å²) in [5.74, 6) is -1.66. The molecule has 21 heavy (non-hydrogen) atoms. The molecule has 7 heteroatoms. The van der Waals surface area contributed by atoms with Gasteiger partial charge in [0.15, 0.2) is 5.15 Å². The Labute approximate surface area is 131 Å². The molecule has 2 amide bonds. The molecule has 0 atom stereocenters. The van der Waals surface area contributed by atoms with Crippen LogP contribution in [0, 0.1) is 6.92 Å². The zero-order chi connectivity index (χ0) is 15.4. The van der Waals surface area contributed by atoms with Crippen molar-refractivity contribution in [2.24, 2.45) is 0 Å². The van der Waals surface area contributed by atoms with E-state index in [1.807, 2.05) is 0 Å². The van der Waals surface area contributed by atoms with Crippen LogP contribution in [0.15, 0.2) is 36.5 Å². The third-order valence-corrected chi connectivity index (χ3v) is 3.20. The molecule has 1 aromatic carbocycles. The van der Waals surface area contributed by atoms with Gasteiger partial charge in [0.25, 0.3) is 0 Å². The predicted octanol–water partition coefficient (Wildman–Crippen LogP) is 3.27. The number of amides is 2. The van der Waals surface area contributed by atoms with Crippen LogP contribution in [0.25, 0.3) is 0 Å². The quantitative estimate of drug-likeness (QED) is 0.658. The number of aryl methyl sites for hydroxylation is 1. The number of benzene rings is 1. The first-order valence-electron chi connectivity index (χ1n) is 5.96. The van der Waals surface area contributed by atoms with Crippen LogP contribution < -0.4 is 10.6 Å². The van der Waals surface area contributed by atoms with Crippen LogP contribution in [0.2, 0.25) is 10.2 Å². The van der Waals surface area contributed by atoms with Crippen LogP contribution in [0.4, 0.5) is 11.4 Å². The largest absolute Gasteiger partial charge is 0.317 e. The van der Waals surface area contributed by atoms with Crippen LogP contribution in [0.5, 0.6) is 0 Å². The lowest BCUT2D eigenvalue weighted by Crippen LogP contribution is -2.29. The maximum Gasteiger partial charge on any atom is 0.314 e.